The molecule has 1 radical (unpaired) electrons. The molecule has 0 spiro atoms. The van der Waals surface area contributed by atoms with Gasteiger partial charge in [0.25, 0.3) is 0 Å². The Morgan fingerprint density at radius 2 is 1.66 bits per heavy atom. The van der Waals surface area contributed by atoms with Crippen molar-refractivity contribution in [2.45, 2.75) is 25.7 Å². The summed E-state index contributed by atoms with van der Waals surface area (Å²) in [5.74, 6) is 0.448. The molecule has 0 aliphatic rings. The Hall–Kier alpha value is -2.87. The van der Waals surface area contributed by atoms with Crippen molar-refractivity contribution in [1.29, 1.82) is 0 Å². The zero-order valence-corrected chi connectivity index (χ0v) is 19.1. The summed E-state index contributed by atoms with van der Waals surface area (Å²) < 4.78 is 32.2. The lowest BCUT2D eigenvalue weighted by atomic mass is 10.0. The van der Waals surface area contributed by atoms with Crippen LogP contribution in [0.25, 0.3) is 11.1 Å². The van der Waals surface area contributed by atoms with Gasteiger partial charge in [0, 0.05) is 12.6 Å². The van der Waals surface area contributed by atoms with E-state index in [2.05, 4.69) is 17.0 Å². The first-order chi connectivity index (χ1) is 15.2. The fourth-order valence-electron chi connectivity index (χ4n) is 3.18. The van der Waals surface area contributed by atoms with Crippen molar-refractivity contribution < 1.29 is 18.3 Å². The van der Waals surface area contributed by atoms with Gasteiger partial charge in [-0.3, -0.25) is 4.72 Å². The molecule has 32 heavy (non-hydrogen) atoms. The number of hydrogen-bond donors (Lipinski definition) is 3. The van der Waals surface area contributed by atoms with Crippen LogP contribution in [0.1, 0.15) is 24.2 Å². The number of benzene rings is 3. The van der Waals surface area contributed by atoms with Crippen LogP contribution in [-0.2, 0) is 16.6 Å². The molecule has 0 unspecified atom stereocenters. The van der Waals surface area contributed by atoms with Gasteiger partial charge in [0.2, 0.25) is 10.0 Å². The Labute approximate surface area is 190 Å². The minimum absolute atomic E-state index is 0.0484. The van der Waals surface area contributed by atoms with Gasteiger partial charge in [0.15, 0.2) is 0 Å². The SMILES string of the molecule is [CH2][C@H](C)NC[C@H](O)c1ccc(-c2ccc(OCc3ccccc3)c(NS(C)(=O)=O)c2)cc1. The quantitative estimate of drug-likeness (QED) is 0.429. The van der Waals surface area contributed by atoms with Crippen molar-refractivity contribution in [2.75, 3.05) is 17.5 Å². The van der Waals surface area contributed by atoms with Crippen LogP contribution < -0.4 is 14.8 Å². The summed E-state index contributed by atoms with van der Waals surface area (Å²) in [6, 6.07) is 22.6. The number of nitrogens with one attached hydrogen (secondary N) is 2. The molecule has 7 heteroatoms. The van der Waals surface area contributed by atoms with Crippen LogP contribution in [0.2, 0.25) is 0 Å². The predicted molar refractivity (Wildman–Crippen MR) is 129 cm³/mol. The Morgan fingerprint density at radius 1 is 1.00 bits per heavy atom. The van der Waals surface area contributed by atoms with Gasteiger partial charge in [-0.2, -0.15) is 0 Å². The number of anilines is 1. The fraction of sp³-hybridized carbons (Fsp3) is 0.240. The fourth-order valence-corrected chi connectivity index (χ4v) is 3.74. The van der Waals surface area contributed by atoms with Crippen molar-refractivity contribution in [3.63, 3.8) is 0 Å². The van der Waals surface area contributed by atoms with Crippen LogP contribution in [0.4, 0.5) is 5.69 Å². The molecule has 0 bridgehead atoms. The summed E-state index contributed by atoms with van der Waals surface area (Å²) in [6.45, 7) is 6.51. The van der Waals surface area contributed by atoms with E-state index in [0.717, 1.165) is 28.5 Å². The zero-order chi connectivity index (χ0) is 23.1. The lowest BCUT2D eigenvalue weighted by Gasteiger charge is -2.16. The summed E-state index contributed by atoms with van der Waals surface area (Å²) in [6.07, 6.45) is 0.474. The minimum Gasteiger partial charge on any atom is -0.487 e. The molecule has 169 valence electrons. The van der Waals surface area contributed by atoms with Gasteiger partial charge < -0.3 is 15.2 Å². The summed E-state index contributed by atoms with van der Waals surface area (Å²) >= 11 is 0. The third-order valence-corrected chi connectivity index (χ3v) is 5.39. The predicted octanol–water partition coefficient (Wildman–Crippen LogP) is 4.15. The van der Waals surface area contributed by atoms with Crippen LogP contribution in [0.3, 0.4) is 0 Å². The molecular formula is C25H29N2O4S. The Balaban J connectivity index is 1.81. The van der Waals surface area contributed by atoms with Gasteiger partial charge in [-0.1, -0.05) is 60.7 Å². The van der Waals surface area contributed by atoms with Crippen molar-refractivity contribution in [2.24, 2.45) is 0 Å². The molecule has 3 N–H and O–H groups in total. The Morgan fingerprint density at radius 3 is 2.28 bits per heavy atom. The highest BCUT2D eigenvalue weighted by molar-refractivity contribution is 7.92. The minimum atomic E-state index is -3.49. The van der Waals surface area contributed by atoms with Crippen molar-refractivity contribution in [3.05, 3.63) is 90.8 Å². The van der Waals surface area contributed by atoms with Crippen molar-refractivity contribution >= 4 is 15.7 Å². The molecule has 0 heterocycles. The van der Waals surface area contributed by atoms with Crippen LogP contribution in [0, 0.1) is 6.92 Å². The van der Waals surface area contributed by atoms with E-state index >= 15 is 0 Å². The average molecular weight is 454 g/mol. The molecule has 3 aromatic rings. The molecule has 0 saturated carbocycles. The van der Waals surface area contributed by atoms with E-state index in [1.165, 1.54) is 0 Å². The lowest BCUT2D eigenvalue weighted by Crippen LogP contribution is -2.28. The first kappa shape index (κ1) is 23.8. The molecule has 0 saturated heterocycles. The molecule has 0 aliphatic heterocycles. The summed E-state index contributed by atoms with van der Waals surface area (Å²) in [5.41, 5.74) is 3.87. The van der Waals surface area contributed by atoms with Crippen LogP contribution in [0.5, 0.6) is 5.75 Å². The first-order valence-corrected chi connectivity index (χ1v) is 12.2. The van der Waals surface area contributed by atoms with E-state index in [0.29, 0.717) is 24.6 Å². The summed E-state index contributed by atoms with van der Waals surface area (Å²) in [4.78, 5) is 0. The maximum Gasteiger partial charge on any atom is 0.229 e. The zero-order valence-electron chi connectivity index (χ0n) is 18.3. The molecule has 2 atom stereocenters. The van der Waals surface area contributed by atoms with Gasteiger partial charge in [-0.05, 0) is 48.2 Å². The molecule has 6 nitrogen and oxygen atoms in total. The van der Waals surface area contributed by atoms with Crippen molar-refractivity contribution in [1.82, 2.24) is 5.32 Å². The second-order valence-corrected chi connectivity index (χ2v) is 9.55. The molecule has 3 rings (SSSR count). The normalized spacial score (nSPS) is 12.5. The van der Waals surface area contributed by atoms with Crippen LogP contribution in [-0.4, -0.2) is 32.4 Å². The number of hydrogen-bond acceptors (Lipinski definition) is 5. The standard InChI is InChI=1S/C25H29N2O4S/c1-18(2)26-16-24(28)21-11-9-20(10-12-21)22-13-14-25(23(15-22)27-32(3,29)30)31-17-19-7-5-4-6-8-19/h4-15,18,24,26-28H,1,16-17H2,2-3H3/t18-,24+/m1/s1. The van der Waals surface area contributed by atoms with E-state index in [-0.39, 0.29) is 6.04 Å². The van der Waals surface area contributed by atoms with Gasteiger partial charge in [0.1, 0.15) is 12.4 Å². The highest BCUT2D eigenvalue weighted by Gasteiger charge is 2.13. The summed E-state index contributed by atoms with van der Waals surface area (Å²) in [5, 5.41) is 13.4. The molecule has 0 aromatic heterocycles. The highest BCUT2D eigenvalue weighted by Crippen LogP contribution is 2.32. The smallest absolute Gasteiger partial charge is 0.229 e. The Kier molecular flexibility index (Phi) is 7.90. The van der Waals surface area contributed by atoms with E-state index < -0.39 is 16.1 Å². The number of rotatable bonds is 10. The first-order valence-electron chi connectivity index (χ1n) is 10.3. The number of aliphatic hydroxyl groups is 1. The van der Waals surface area contributed by atoms with Crippen LogP contribution >= 0.6 is 0 Å². The van der Waals surface area contributed by atoms with Crippen LogP contribution in [0.15, 0.2) is 72.8 Å². The Bertz CT molecular complexity index is 1110. The molecule has 0 fully saturated rings. The number of ether oxygens (including phenoxy) is 1. The maximum absolute atomic E-state index is 11.9. The maximum atomic E-state index is 11.9. The van der Waals surface area contributed by atoms with E-state index in [4.69, 9.17) is 4.74 Å². The third kappa shape index (κ3) is 7.09. The van der Waals surface area contributed by atoms with E-state index in [1.54, 1.807) is 12.1 Å². The summed E-state index contributed by atoms with van der Waals surface area (Å²) in [7, 11) is -3.49. The van der Waals surface area contributed by atoms with Gasteiger partial charge >= 0.3 is 0 Å². The van der Waals surface area contributed by atoms with Crippen molar-refractivity contribution in [3.8, 4) is 16.9 Å². The second kappa shape index (κ2) is 10.6. The van der Waals surface area contributed by atoms with E-state index in [9.17, 15) is 13.5 Å². The molecule has 0 amide bonds. The third-order valence-electron chi connectivity index (χ3n) is 4.80. The molecule has 3 aromatic carbocycles. The molecule has 0 aliphatic carbocycles. The van der Waals surface area contributed by atoms with E-state index in [1.807, 2.05) is 67.6 Å². The average Bonchev–Trinajstić information content (AvgIpc) is 2.76. The number of aliphatic hydroxyl groups excluding tert-OH is 1. The highest BCUT2D eigenvalue weighted by atomic mass is 32.2. The van der Waals surface area contributed by atoms with Gasteiger partial charge in [-0.25, -0.2) is 8.42 Å². The van der Waals surface area contributed by atoms with Gasteiger partial charge in [0.05, 0.1) is 18.0 Å². The largest absolute Gasteiger partial charge is 0.487 e. The molecular weight excluding hydrogens is 424 g/mol. The topological polar surface area (TPSA) is 87.7 Å². The second-order valence-electron chi connectivity index (χ2n) is 7.81. The number of sulfonamides is 1. The lowest BCUT2D eigenvalue weighted by molar-refractivity contribution is 0.173. The van der Waals surface area contributed by atoms with Gasteiger partial charge in [-0.15, -0.1) is 0 Å². The monoisotopic (exact) mass is 453 g/mol.